The van der Waals surface area contributed by atoms with Crippen molar-refractivity contribution in [3.8, 4) is 5.75 Å². The average molecular weight is 250 g/mol. The predicted molar refractivity (Wildman–Crippen MR) is 77.6 cm³/mol. The quantitative estimate of drug-likeness (QED) is 0.727. The number of nitrogens with one attached hydrogen (secondary N) is 2. The summed E-state index contributed by atoms with van der Waals surface area (Å²) in [6.45, 7) is 9.58. The van der Waals surface area contributed by atoms with Crippen LogP contribution in [0.25, 0.3) is 0 Å². The minimum atomic E-state index is 0.130. The molecule has 0 fully saturated rings. The van der Waals surface area contributed by atoms with E-state index in [4.69, 9.17) is 4.74 Å². The van der Waals surface area contributed by atoms with Crippen LogP contribution in [0, 0.1) is 6.92 Å². The summed E-state index contributed by atoms with van der Waals surface area (Å²) in [6.07, 6.45) is 0. The molecule has 2 N–H and O–H groups in total. The van der Waals surface area contributed by atoms with Gasteiger partial charge in [-0.25, -0.2) is 0 Å². The molecule has 1 aromatic rings. The average Bonchev–Trinajstić information content (AvgIpc) is 2.34. The molecule has 102 valence electrons. The van der Waals surface area contributed by atoms with Crippen molar-refractivity contribution in [2.75, 3.05) is 33.8 Å². The van der Waals surface area contributed by atoms with E-state index in [-0.39, 0.29) is 5.41 Å². The fourth-order valence-corrected chi connectivity index (χ4v) is 2.02. The third-order valence-electron chi connectivity index (χ3n) is 3.30. The molecular weight excluding hydrogens is 224 g/mol. The maximum Gasteiger partial charge on any atom is 0.121 e. The first-order valence-electron chi connectivity index (χ1n) is 6.51. The van der Waals surface area contributed by atoms with Crippen LogP contribution in [-0.4, -0.2) is 33.8 Å². The number of rotatable bonds is 7. The van der Waals surface area contributed by atoms with Crippen molar-refractivity contribution in [2.45, 2.75) is 26.2 Å². The topological polar surface area (TPSA) is 33.3 Å². The van der Waals surface area contributed by atoms with E-state index in [0.29, 0.717) is 0 Å². The van der Waals surface area contributed by atoms with E-state index in [0.717, 1.165) is 25.4 Å². The normalized spacial score (nSPS) is 11.6. The fraction of sp³-hybridized carbons (Fsp3) is 0.600. The minimum absolute atomic E-state index is 0.130. The molecule has 0 aliphatic heterocycles. The standard InChI is InChI=1S/C15H26N2O/c1-12-10-13(6-7-14(12)18-5)15(2,3)11-17-9-8-16-4/h6-7,10,16-17H,8-9,11H2,1-5H3. The van der Waals surface area contributed by atoms with Crippen LogP contribution in [-0.2, 0) is 5.41 Å². The molecule has 0 heterocycles. The molecule has 3 heteroatoms. The molecule has 3 nitrogen and oxygen atoms in total. The van der Waals surface area contributed by atoms with Gasteiger partial charge in [0.05, 0.1) is 7.11 Å². The van der Waals surface area contributed by atoms with E-state index in [1.165, 1.54) is 11.1 Å². The van der Waals surface area contributed by atoms with Crippen LogP contribution >= 0.6 is 0 Å². The molecule has 0 aliphatic rings. The van der Waals surface area contributed by atoms with Gasteiger partial charge in [0.2, 0.25) is 0 Å². The van der Waals surface area contributed by atoms with Crippen LogP contribution in [0.3, 0.4) is 0 Å². The molecule has 0 saturated carbocycles. The number of methoxy groups -OCH3 is 1. The second-order valence-corrected chi connectivity index (χ2v) is 5.35. The summed E-state index contributed by atoms with van der Waals surface area (Å²) in [5, 5.41) is 6.62. The molecule has 18 heavy (non-hydrogen) atoms. The Morgan fingerprint density at radius 1 is 1.22 bits per heavy atom. The predicted octanol–water partition coefficient (Wildman–Crippen LogP) is 2.09. The Labute approximate surface area is 111 Å². The molecule has 0 bridgehead atoms. The Morgan fingerprint density at radius 2 is 1.94 bits per heavy atom. The molecule has 0 atom stereocenters. The Morgan fingerprint density at radius 3 is 2.50 bits per heavy atom. The van der Waals surface area contributed by atoms with Gasteiger partial charge in [0.1, 0.15) is 5.75 Å². The summed E-state index contributed by atoms with van der Waals surface area (Å²) in [6, 6.07) is 6.43. The SMILES string of the molecule is CNCCNCC(C)(C)c1ccc(OC)c(C)c1. The lowest BCUT2D eigenvalue weighted by Gasteiger charge is -2.26. The van der Waals surface area contributed by atoms with E-state index in [9.17, 15) is 0 Å². The van der Waals surface area contributed by atoms with Crippen molar-refractivity contribution in [1.29, 1.82) is 0 Å². The van der Waals surface area contributed by atoms with E-state index in [2.05, 4.69) is 49.6 Å². The highest BCUT2D eigenvalue weighted by Gasteiger charge is 2.20. The van der Waals surface area contributed by atoms with Gasteiger partial charge in [-0.15, -0.1) is 0 Å². The zero-order chi connectivity index (χ0) is 13.6. The zero-order valence-electron chi connectivity index (χ0n) is 12.3. The number of hydrogen-bond donors (Lipinski definition) is 2. The summed E-state index contributed by atoms with van der Waals surface area (Å²) in [5.41, 5.74) is 2.67. The van der Waals surface area contributed by atoms with Gasteiger partial charge in [-0.3, -0.25) is 0 Å². The highest BCUT2D eigenvalue weighted by Crippen LogP contribution is 2.27. The molecule has 1 rings (SSSR count). The summed E-state index contributed by atoms with van der Waals surface area (Å²) in [5.74, 6) is 0.956. The Hall–Kier alpha value is -1.06. The maximum absolute atomic E-state index is 5.30. The molecule has 0 amide bonds. The summed E-state index contributed by atoms with van der Waals surface area (Å²) in [4.78, 5) is 0. The molecule has 0 spiro atoms. The number of likely N-dealkylation sites (N-methyl/N-ethyl adjacent to an activating group) is 1. The lowest BCUT2D eigenvalue weighted by molar-refractivity contribution is 0.410. The van der Waals surface area contributed by atoms with Crippen LogP contribution in [0.1, 0.15) is 25.0 Å². The first-order chi connectivity index (χ1) is 8.51. The molecule has 0 unspecified atom stereocenters. The van der Waals surface area contributed by atoms with Gasteiger partial charge in [0.25, 0.3) is 0 Å². The molecule has 0 saturated heterocycles. The van der Waals surface area contributed by atoms with Crippen molar-refractivity contribution in [3.05, 3.63) is 29.3 Å². The number of ether oxygens (including phenoxy) is 1. The number of hydrogen-bond acceptors (Lipinski definition) is 3. The highest BCUT2D eigenvalue weighted by molar-refractivity contribution is 5.39. The number of aryl methyl sites for hydroxylation is 1. The lowest BCUT2D eigenvalue weighted by Crippen LogP contribution is -2.36. The zero-order valence-corrected chi connectivity index (χ0v) is 12.3. The van der Waals surface area contributed by atoms with Crippen molar-refractivity contribution in [1.82, 2.24) is 10.6 Å². The van der Waals surface area contributed by atoms with Crippen LogP contribution < -0.4 is 15.4 Å². The number of benzene rings is 1. The summed E-state index contributed by atoms with van der Waals surface area (Å²) < 4.78 is 5.30. The van der Waals surface area contributed by atoms with E-state index in [1.54, 1.807) is 7.11 Å². The van der Waals surface area contributed by atoms with E-state index >= 15 is 0 Å². The summed E-state index contributed by atoms with van der Waals surface area (Å²) >= 11 is 0. The third-order valence-corrected chi connectivity index (χ3v) is 3.30. The van der Waals surface area contributed by atoms with E-state index in [1.807, 2.05) is 7.05 Å². The largest absolute Gasteiger partial charge is 0.496 e. The van der Waals surface area contributed by atoms with Gasteiger partial charge in [-0.05, 0) is 31.2 Å². The van der Waals surface area contributed by atoms with Crippen LogP contribution in [0.2, 0.25) is 0 Å². The van der Waals surface area contributed by atoms with Gasteiger partial charge in [-0.1, -0.05) is 26.0 Å². The Bertz CT molecular complexity index is 375. The van der Waals surface area contributed by atoms with Crippen molar-refractivity contribution < 1.29 is 4.74 Å². The van der Waals surface area contributed by atoms with Crippen molar-refractivity contribution in [2.24, 2.45) is 0 Å². The van der Waals surface area contributed by atoms with E-state index < -0.39 is 0 Å². The molecule has 1 aromatic carbocycles. The highest BCUT2D eigenvalue weighted by atomic mass is 16.5. The Balaban J connectivity index is 2.69. The van der Waals surface area contributed by atoms with Gasteiger partial charge in [-0.2, -0.15) is 0 Å². The molecule has 0 radical (unpaired) electrons. The maximum atomic E-state index is 5.30. The first-order valence-corrected chi connectivity index (χ1v) is 6.51. The van der Waals surface area contributed by atoms with Gasteiger partial charge in [0.15, 0.2) is 0 Å². The second kappa shape index (κ2) is 6.76. The second-order valence-electron chi connectivity index (χ2n) is 5.35. The monoisotopic (exact) mass is 250 g/mol. The minimum Gasteiger partial charge on any atom is -0.496 e. The third kappa shape index (κ3) is 4.00. The van der Waals surface area contributed by atoms with Crippen LogP contribution in [0.5, 0.6) is 5.75 Å². The summed E-state index contributed by atoms with van der Waals surface area (Å²) in [7, 11) is 3.69. The van der Waals surface area contributed by atoms with Crippen LogP contribution in [0.4, 0.5) is 0 Å². The first kappa shape index (κ1) is 15.0. The Kier molecular flexibility index (Phi) is 5.63. The molecular formula is C15H26N2O. The van der Waals surface area contributed by atoms with Crippen molar-refractivity contribution in [3.63, 3.8) is 0 Å². The van der Waals surface area contributed by atoms with Crippen molar-refractivity contribution >= 4 is 0 Å². The smallest absolute Gasteiger partial charge is 0.121 e. The molecule has 0 aliphatic carbocycles. The fourth-order valence-electron chi connectivity index (χ4n) is 2.02. The van der Waals surface area contributed by atoms with Gasteiger partial charge < -0.3 is 15.4 Å². The lowest BCUT2D eigenvalue weighted by atomic mass is 9.83. The van der Waals surface area contributed by atoms with Crippen LogP contribution in [0.15, 0.2) is 18.2 Å². The van der Waals surface area contributed by atoms with Gasteiger partial charge in [0, 0.05) is 25.0 Å². The van der Waals surface area contributed by atoms with Gasteiger partial charge >= 0.3 is 0 Å². The molecule has 0 aromatic heterocycles.